The van der Waals surface area contributed by atoms with Crippen molar-refractivity contribution in [3.8, 4) is 0 Å². The Bertz CT molecular complexity index is 1060. The van der Waals surface area contributed by atoms with E-state index in [0.717, 1.165) is 54.8 Å². The molecule has 0 saturated carbocycles. The minimum atomic E-state index is 0.00295. The van der Waals surface area contributed by atoms with Gasteiger partial charge in [0.15, 0.2) is 0 Å². The van der Waals surface area contributed by atoms with Crippen LogP contribution >= 0.6 is 0 Å². The maximum atomic E-state index is 11.6. The Labute approximate surface area is 195 Å². The number of nitrogens with one attached hydrogen (secondary N) is 3. The number of nitrogens with zero attached hydrogens (tertiary/aromatic N) is 4. The van der Waals surface area contributed by atoms with Crippen molar-refractivity contribution in [1.29, 1.82) is 0 Å². The van der Waals surface area contributed by atoms with Gasteiger partial charge in [0, 0.05) is 62.3 Å². The summed E-state index contributed by atoms with van der Waals surface area (Å²) < 4.78 is 0. The number of benzene rings is 2. The summed E-state index contributed by atoms with van der Waals surface area (Å²) in [6.07, 6.45) is 2.00. The SMILES string of the molecule is CCC(=O)Nc1cccc(CNc2cc(Nc3ccc(N4CCN(C)CC4)cc3)ncn2)c1. The third-order valence-electron chi connectivity index (χ3n) is 5.68. The van der Waals surface area contributed by atoms with Crippen molar-refractivity contribution < 1.29 is 4.79 Å². The number of carbonyl (C=O) groups is 1. The molecule has 3 N–H and O–H groups in total. The first-order valence-electron chi connectivity index (χ1n) is 11.3. The van der Waals surface area contributed by atoms with Crippen molar-refractivity contribution in [2.75, 3.05) is 54.1 Å². The average Bonchev–Trinajstić information content (AvgIpc) is 2.84. The fraction of sp³-hybridized carbons (Fsp3) is 0.320. The molecule has 0 aliphatic carbocycles. The lowest BCUT2D eigenvalue weighted by Gasteiger charge is -2.34. The van der Waals surface area contributed by atoms with Gasteiger partial charge in [-0.15, -0.1) is 0 Å². The number of likely N-dealkylation sites (N-methyl/N-ethyl adjacent to an activating group) is 1. The molecule has 172 valence electrons. The summed E-state index contributed by atoms with van der Waals surface area (Å²) in [6.45, 7) is 6.72. The minimum Gasteiger partial charge on any atom is -0.369 e. The molecule has 0 spiro atoms. The fourth-order valence-electron chi connectivity index (χ4n) is 3.69. The van der Waals surface area contributed by atoms with Crippen LogP contribution in [0, 0.1) is 0 Å². The highest BCUT2D eigenvalue weighted by molar-refractivity contribution is 5.90. The number of hydrogen-bond donors (Lipinski definition) is 3. The number of amides is 1. The van der Waals surface area contributed by atoms with Crippen LogP contribution in [0.15, 0.2) is 60.9 Å². The van der Waals surface area contributed by atoms with E-state index in [1.165, 1.54) is 5.69 Å². The number of rotatable bonds is 8. The number of piperazine rings is 1. The molecule has 8 heteroatoms. The Kier molecular flexibility index (Phi) is 7.36. The van der Waals surface area contributed by atoms with Crippen molar-refractivity contribution in [1.82, 2.24) is 14.9 Å². The summed E-state index contributed by atoms with van der Waals surface area (Å²) in [7, 11) is 2.17. The Hall–Kier alpha value is -3.65. The van der Waals surface area contributed by atoms with Crippen molar-refractivity contribution in [3.05, 3.63) is 66.5 Å². The van der Waals surface area contributed by atoms with Gasteiger partial charge in [-0.2, -0.15) is 0 Å². The Morgan fingerprint density at radius 2 is 1.70 bits per heavy atom. The average molecular weight is 446 g/mol. The molecule has 4 rings (SSSR count). The molecule has 0 radical (unpaired) electrons. The molecule has 2 heterocycles. The lowest BCUT2D eigenvalue weighted by Crippen LogP contribution is -2.44. The van der Waals surface area contributed by atoms with Crippen LogP contribution < -0.4 is 20.9 Å². The normalized spacial score (nSPS) is 14.1. The van der Waals surface area contributed by atoms with Crippen LogP contribution in [0.1, 0.15) is 18.9 Å². The zero-order valence-electron chi connectivity index (χ0n) is 19.2. The first kappa shape index (κ1) is 22.5. The number of hydrogen-bond acceptors (Lipinski definition) is 7. The molecule has 3 aromatic rings. The van der Waals surface area contributed by atoms with E-state index in [9.17, 15) is 4.79 Å². The zero-order chi connectivity index (χ0) is 23.0. The van der Waals surface area contributed by atoms with Crippen LogP contribution in [0.3, 0.4) is 0 Å². The molecule has 1 amide bonds. The van der Waals surface area contributed by atoms with Gasteiger partial charge in [-0.25, -0.2) is 9.97 Å². The third-order valence-corrected chi connectivity index (χ3v) is 5.68. The van der Waals surface area contributed by atoms with Crippen LogP contribution in [-0.2, 0) is 11.3 Å². The quantitative estimate of drug-likeness (QED) is 0.484. The Morgan fingerprint density at radius 1 is 0.939 bits per heavy atom. The molecule has 2 aromatic carbocycles. The lowest BCUT2D eigenvalue weighted by atomic mass is 10.2. The van der Waals surface area contributed by atoms with E-state index in [2.05, 4.69) is 67.0 Å². The maximum absolute atomic E-state index is 11.6. The first-order chi connectivity index (χ1) is 16.1. The van der Waals surface area contributed by atoms with Gasteiger partial charge in [0.25, 0.3) is 0 Å². The topological polar surface area (TPSA) is 85.4 Å². The monoisotopic (exact) mass is 445 g/mol. The minimum absolute atomic E-state index is 0.00295. The van der Waals surface area contributed by atoms with Crippen LogP contribution in [0.25, 0.3) is 0 Å². The third kappa shape index (κ3) is 6.43. The second-order valence-electron chi connectivity index (χ2n) is 8.21. The van der Waals surface area contributed by atoms with Crippen molar-refractivity contribution >= 4 is 34.6 Å². The molecule has 1 fully saturated rings. The Balaban J connectivity index is 1.33. The van der Waals surface area contributed by atoms with E-state index in [1.54, 1.807) is 6.33 Å². The standard InChI is InChI=1S/C25H31N7O/c1-3-25(33)30-21-6-4-5-19(15-21)17-26-23-16-24(28-18-27-23)29-20-7-9-22(10-8-20)32-13-11-31(2)12-14-32/h4-10,15-16,18H,3,11-14,17H2,1-2H3,(H,30,33)(H2,26,27,28,29). The zero-order valence-corrected chi connectivity index (χ0v) is 19.2. The molecule has 0 atom stereocenters. The van der Waals surface area contributed by atoms with Crippen LogP contribution in [0.2, 0.25) is 0 Å². The molecule has 0 bridgehead atoms. The fourth-order valence-corrected chi connectivity index (χ4v) is 3.69. The van der Waals surface area contributed by atoms with Gasteiger partial charge in [-0.1, -0.05) is 19.1 Å². The molecular weight excluding hydrogens is 414 g/mol. The molecule has 1 saturated heterocycles. The first-order valence-corrected chi connectivity index (χ1v) is 11.3. The van der Waals surface area contributed by atoms with Gasteiger partial charge >= 0.3 is 0 Å². The molecule has 8 nitrogen and oxygen atoms in total. The van der Waals surface area contributed by atoms with Gasteiger partial charge in [-0.05, 0) is 49.0 Å². The van der Waals surface area contributed by atoms with E-state index in [-0.39, 0.29) is 5.91 Å². The van der Waals surface area contributed by atoms with Crippen LogP contribution in [-0.4, -0.2) is 54.0 Å². The van der Waals surface area contributed by atoms with Crippen LogP contribution in [0.5, 0.6) is 0 Å². The predicted molar refractivity (Wildman–Crippen MR) is 134 cm³/mol. The van der Waals surface area contributed by atoms with Crippen molar-refractivity contribution in [2.24, 2.45) is 0 Å². The largest absolute Gasteiger partial charge is 0.369 e. The summed E-state index contributed by atoms with van der Waals surface area (Å²) in [6, 6.07) is 18.1. The van der Waals surface area contributed by atoms with E-state index < -0.39 is 0 Å². The van der Waals surface area contributed by atoms with Crippen molar-refractivity contribution in [3.63, 3.8) is 0 Å². The highest BCUT2D eigenvalue weighted by Crippen LogP contribution is 2.22. The van der Waals surface area contributed by atoms with Gasteiger partial charge in [-0.3, -0.25) is 4.79 Å². The second-order valence-corrected chi connectivity index (χ2v) is 8.21. The maximum Gasteiger partial charge on any atom is 0.224 e. The number of anilines is 5. The van der Waals surface area contributed by atoms with Crippen molar-refractivity contribution in [2.45, 2.75) is 19.9 Å². The van der Waals surface area contributed by atoms with E-state index in [4.69, 9.17) is 0 Å². The summed E-state index contributed by atoms with van der Waals surface area (Å²) in [5.74, 6) is 1.46. The molecule has 1 aliphatic heterocycles. The highest BCUT2D eigenvalue weighted by Gasteiger charge is 2.14. The van der Waals surface area contributed by atoms with E-state index >= 15 is 0 Å². The molecule has 1 aliphatic rings. The number of aromatic nitrogens is 2. The summed E-state index contributed by atoms with van der Waals surface area (Å²) in [4.78, 5) is 25.0. The summed E-state index contributed by atoms with van der Waals surface area (Å²) in [5.41, 5.74) is 4.08. The van der Waals surface area contributed by atoms with Gasteiger partial charge < -0.3 is 25.8 Å². The smallest absolute Gasteiger partial charge is 0.224 e. The predicted octanol–water partition coefficient (Wildman–Crippen LogP) is 3.93. The lowest BCUT2D eigenvalue weighted by molar-refractivity contribution is -0.115. The molecular formula is C25H31N7O. The highest BCUT2D eigenvalue weighted by atomic mass is 16.1. The Morgan fingerprint density at radius 3 is 2.45 bits per heavy atom. The van der Waals surface area contributed by atoms with Gasteiger partial charge in [0.2, 0.25) is 5.91 Å². The van der Waals surface area contributed by atoms with Gasteiger partial charge in [0.05, 0.1) is 0 Å². The van der Waals surface area contributed by atoms with E-state index in [0.29, 0.717) is 13.0 Å². The molecule has 33 heavy (non-hydrogen) atoms. The van der Waals surface area contributed by atoms with Gasteiger partial charge in [0.1, 0.15) is 18.0 Å². The number of carbonyl (C=O) groups excluding carboxylic acids is 1. The summed E-state index contributed by atoms with van der Waals surface area (Å²) in [5, 5.41) is 9.56. The summed E-state index contributed by atoms with van der Waals surface area (Å²) >= 11 is 0. The second kappa shape index (κ2) is 10.8. The molecule has 1 aromatic heterocycles. The van der Waals surface area contributed by atoms with E-state index in [1.807, 2.05) is 37.3 Å². The molecule has 0 unspecified atom stereocenters. The van der Waals surface area contributed by atoms with Crippen LogP contribution in [0.4, 0.5) is 28.7 Å².